The van der Waals surface area contributed by atoms with Gasteiger partial charge in [-0.1, -0.05) is 26.8 Å². The lowest BCUT2D eigenvalue weighted by Gasteiger charge is -2.39. The highest BCUT2D eigenvalue weighted by Gasteiger charge is 2.40. The van der Waals surface area contributed by atoms with Gasteiger partial charge in [0, 0.05) is 43.9 Å². The minimum atomic E-state index is -4.92. The number of nitrogens with one attached hydrogen (secondary N) is 2. The number of likely N-dealkylation sites (tertiary alicyclic amines) is 1. The van der Waals surface area contributed by atoms with Crippen LogP contribution in [0.4, 0.5) is 27.2 Å². The molecule has 2 fully saturated rings. The molecule has 39 heavy (non-hydrogen) atoms. The van der Waals surface area contributed by atoms with Crippen LogP contribution in [0.15, 0.2) is 18.2 Å². The van der Waals surface area contributed by atoms with E-state index in [9.17, 15) is 27.2 Å². The average molecular weight is 577 g/mol. The number of urea groups is 2. The maximum Gasteiger partial charge on any atom is 0.573 e. The number of amides is 4. The van der Waals surface area contributed by atoms with E-state index in [4.69, 9.17) is 4.43 Å². The molecule has 2 N–H and O–H groups in total. The van der Waals surface area contributed by atoms with Crippen molar-refractivity contribution in [3.8, 4) is 5.75 Å². The number of carbonyl (C=O) groups is 2. The molecule has 0 spiro atoms. The van der Waals surface area contributed by atoms with Crippen molar-refractivity contribution in [3.05, 3.63) is 29.6 Å². The second-order valence-electron chi connectivity index (χ2n) is 11.7. The fourth-order valence-electron chi connectivity index (χ4n) is 4.27. The Kier molecular flexibility index (Phi) is 9.79. The summed E-state index contributed by atoms with van der Waals surface area (Å²) in [6.45, 7) is 12.4. The lowest BCUT2D eigenvalue weighted by Crippen LogP contribution is -2.56. The van der Waals surface area contributed by atoms with Crippen molar-refractivity contribution >= 4 is 20.4 Å². The predicted octanol–water partition coefficient (Wildman–Crippen LogP) is 5.59. The van der Waals surface area contributed by atoms with Gasteiger partial charge in [0.25, 0.3) is 0 Å². The van der Waals surface area contributed by atoms with Gasteiger partial charge < -0.3 is 29.6 Å². The maximum atomic E-state index is 14.3. The molecule has 220 valence electrons. The molecular weight excluding hydrogens is 536 g/mol. The summed E-state index contributed by atoms with van der Waals surface area (Å²) in [4.78, 5) is 29.4. The normalized spacial score (nSPS) is 18.5. The van der Waals surface area contributed by atoms with Crippen LogP contribution in [0.3, 0.4) is 0 Å². The quantitative estimate of drug-likeness (QED) is 0.228. The second kappa shape index (κ2) is 12.3. The van der Waals surface area contributed by atoms with E-state index in [1.165, 1.54) is 0 Å². The number of piperidine rings is 1. The first-order chi connectivity index (χ1) is 18.1. The Morgan fingerprint density at radius 2 is 1.79 bits per heavy atom. The molecule has 1 aliphatic carbocycles. The Balaban J connectivity index is 1.52. The molecule has 1 heterocycles. The predicted molar refractivity (Wildman–Crippen MR) is 141 cm³/mol. The molecule has 0 radical (unpaired) electrons. The van der Waals surface area contributed by atoms with Gasteiger partial charge in [-0.05, 0) is 49.9 Å². The van der Waals surface area contributed by atoms with E-state index in [0.717, 1.165) is 37.8 Å². The minimum absolute atomic E-state index is 0.0400. The van der Waals surface area contributed by atoms with Crippen LogP contribution < -0.4 is 15.4 Å². The first kappa shape index (κ1) is 31.0. The van der Waals surface area contributed by atoms with Crippen molar-refractivity contribution in [1.29, 1.82) is 0 Å². The van der Waals surface area contributed by atoms with Gasteiger partial charge in [-0.25, -0.2) is 14.0 Å². The molecular formula is C26H40F4N4O4Si. The van der Waals surface area contributed by atoms with E-state index < -0.39 is 26.2 Å². The second-order valence-corrected chi connectivity index (χ2v) is 16.5. The van der Waals surface area contributed by atoms with Gasteiger partial charge in [0.05, 0.1) is 12.6 Å². The van der Waals surface area contributed by atoms with Gasteiger partial charge in [0.1, 0.15) is 11.6 Å². The largest absolute Gasteiger partial charge is 0.573 e. The molecule has 1 saturated heterocycles. The molecule has 0 unspecified atom stereocenters. The third-order valence-electron chi connectivity index (χ3n) is 7.59. The summed E-state index contributed by atoms with van der Waals surface area (Å²) in [5.74, 6) is -1.57. The molecule has 8 nitrogen and oxygen atoms in total. The van der Waals surface area contributed by atoms with Crippen LogP contribution in [0.1, 0.15) is 52.0 Å². The lowest BCUT2D eigenvalue weighted by atomic mass is 10.0. The summed E-state index contributed by atoms with van der Waals surface area (Å²) in [6, 6.07) is 2.07. The van der Waals surface area contributed by atoms with E-state index in [-0.39, 0.29) is 41.3 Å². The van der Waals surface area contributed by atoms with E-state index in [0.29, 0.717) is 32.3 Å². The number of hydrogen-bond donors (Lipinski definition) is 2. The third-order valence-corrected chi connectivity index (χ3v) is 12.1. The van der Waals surface area contributed by atoms with Crippen molar-refractivity contribution in [2.45, 2.75) is 89.6 Å². The fourth-order valence-corrected chi connectivity index (χ4v) is 5.32. The Hall–Kier alpha value is -2.54. The highest BCUT2D eigenvalue weighted by molar-refractivity contribution is 6.74. The Morgan fingerprint density at radius 1 is 1.10 bits per heavy atom. The number of ether oxygens (including phenoxy) is 1. The number of benzene rings is 1. The van der Waals surface area contributed by atoms with Crippen molar-refractivity contribution in [1.82, 2.24) is 20.4 Å². The molecule has 4 amide bonds. The maximum absolute atomic E-state index is 14.3. The number of halogens is 4. The first-order valence-electron chi connectivity index (χ1n) is 13.3. The third kappa shape index (κ3) is 8.99. The van der Waals surface area contributed by atoms with Gasteiger partial charge in [-0.2, -0.15) is 0 Å². The van der Waals surface area contributed by atoms with Crippen molar-refractivity contribution < 1.29 is 36.3 Å². The molecule has 0 aromatic heterocycles. The van der Waals surface area contributed by atoms with Gasteiger partial charge in [-0.15, -0.1) is 13.2 Å². The van der Waals surface area contributed by atoms with E-state index in [2.05, 4.69) is 49.2 Å². The van der Waals surface area contributed by atoms with Gasteiger partial charge in [-0.3, -0.25) is 0 Å². The van der Waals surface area contributed by atoms with Gasteiger partial charge in [0.15, 0.2) is 8.32 Å². The molecule has 3 rings (SSSR count). The van der Waals surface area contributed by atoms with Crippen LogP contribution in [0.25, 0.3) is 0 Å². The van der Waals surface area contributed by atoms with Crippen LogP contribution in [-0.4, -0.2) is 74.9 Å². The Morgan fingerprint density at radius 3 is 2.38 bits per heavy atom. The minimum Gasteiger partial charge on any atom is -0.415 e. The summed E-state index contributed by atoms with van der Waals surface area (Å²) < 4.78 is 61.3. The molecule has 1 saturated carbocycles. The number of carbonyl (C=O) groups excluding carboxylic acids is 2. The van der Waals surface area contributed by atoms with Crippen molar-refractivity contribution in [2.75, 3.05) is 26.2 Å². The molecule has 1 atom stereocenters. The van der Waals surface area contributed by atoms with Crippen LogP contribution >= 0.6 is 0 Å². The highest BCUT2D eigenvalue weighted by atomic mass is 28.4. The topological polar surface area (TPSA) is 83.1 Å². The van der Waals surface area contributed by atoms with Crippen LogP contribution in [0.5, 0.6) is 5.75 Å². The van der Waals surface area contributed by atoms with Gasteiger partial charge in [0.2, 0.25) is 0 Å². The highest BCUT2D eigenvalue weighted by Crippen LogP contribution is 2.36. The van der Waals surface area contributed by atoms with Crippen LogP contribution in [-0.2, 0) is 11.0 Å². The molecule has 1 aliphatic heterocycles. The SMILES string of the molecule is CC(C)(C)[Si](C)(C)OCCNC(=O)N1CCC[C@@H](N(C(=O)NCc2ccc(OC(F)(F)F)cc2F)C2CC2)C1. The smallest absolute Gasteiger partial charge is 0.415 e. The lowest BCUT2D eigenvalue weighted by molar-refractivity contribution is -0.274. The Labute approximate surface area is 228 Å². The fraction of sp³-hybridized carbons (Fsp3) is 0.692. The number of alkyl halides is 3. The zero-order valence-corrected chi connectivity index (χ0v) is 24.3. The molecule has 1 aromatic carbocycles. The molecule has 2 aliphatic rings. The van der Waals surface area contributed by atoms with Crippen LogP contribution in [0.2, 0.25) is 18.1 Å². The summed E-state index contributed by atoms with van der Waals surface area (Å²) in [5, 5.41) is 5.70. The number of hydrogen-bond acceptors (Lipinski definition) is 4. The first-order valence-corrected chi connectivity index (χ1v) is 16.3. The monoisotopic (exact) mass is 576 g/mol. The molecule has 13 heteroatoms. The number of rotatable bonds is 9. The summed E-state index contributed by atoms with van der Waals surface area (Å²) in [6.07, 6.45) is -1.75. The van der Waals surface area contributed by atoms with Crippen LogP contribution in [0, 0.1) is 5.82 Å². The van der Waals surface area contributed by atoms with Gasteiger partial charge >= 0.3 is 18.4 Å². The Bertz CT molecular complexity index is 1010. The molecule has 0 bridgehead atoms. The van der Waals surface area contributed by atoms with E-state index >= 15 is 0 Å². The summed E-state index contributed by atoms with van der Waals surface area (Å²) >= 11 is 0. The molecule has 1 aromatic rings. The number of nitrogens with zero attached hydrogens (tertiary/aromatic N) is 2. The van der Waals surface area contributed by atoms with E-state index in [1.807, 2.05) is 0 Å². The summed E-state index contributed by atoms with van der Waals surface area (Å²) in [7, 11) is -1.90. The van der Waals surface area contributed by atoms with Crippen molar-refractivity contribution in [3.63, 3.8) is 0 Å². The zero-order valence-electron chi connectivity index (χ0n) is 23.3. The average Bonchev–Trinajstić information content (AvgIpc) is 3.65. The van der Waals surface area contributed by atoms with Crippen molar-refractivity contribution in [2.24, 2.45) is 0 Å². The standard InChI is InChI=1S/C26H40F4N4O4Si/c1-25(2,3)39(4,5)37-14-12-31-23(35)33-13-6-7-20(17-33)34(19-9-10-19)24(36)32-16-18-8-11-21(15-22(18)27)38-26(28,29)30/h8,11,15,19-20H,6-7,9-10,12-14,16-17H2,1-5H3,(H,31,35)(H,32,36)/t20-/m1/s1. The zero-order chi connectivity index (χ0) is 29.0. The van der Waals surface area contributed by atoms with E-state index in [1.54, 1.807) is 9.80 Å². The summed E-state index contributed by atoms with van der Waals surface area (Å²) in [5.41, 5.74) is 0.0400.